The fourth-order valence-corrected chi connectivity index (χ4v) is 9.72. The molecule has 15 nitrogen and oxygen atoms in total. The first-order valence-electron chi connectivity index (χ1n) is 23.5. The van der Waals surface area contributed by atoms with Gasteiger partial charge in [-0.05, 0) is 148 Å². The van der Waals surface area contributed by atoms with Crippen LogP contribution in [0, 0.1) is 0 Å². The summed E-state index contributed by atoms with van der Waals surface area (Å²) in [6.45, 7) is 11.1. The maximum atomic E-state index is 11.6. The van der Waals surface area contributed by atoms with E-state index < -0.39 is 11.9 Å². The van der Waals surface area contributed by atoms with Gasteiger partial charge in [-0.1, -0.05) is 42.5 Å². The number of benzene rings is 4. The van der Waals surface area contributed by atoms with Crippen LogP contribution in [0.1, 0.15) is 70.9 Å². The van der Waals surface area contributed by atoms with Crippen LogP contribution >= 0.6 is 0 Å². The highest BCUT2D eigenvalue weighted by atomic mass is 16.4. The van der Waals surface area contributed by atoms with Crippen molar-refractivity contribution < 1.29 is 19.8 Å². The number of aromatic carboxylic acids is 2. The number of rotatable bonds is 14. The van der Waals surface area contributed by atoms with E-state index in [2.05, 4.69) is 115 Å². The predicted molar refractivity (Wildman–Crippen MR) is 270 cm³/mol. The molecule has 0 fully saturated rings. The van der Waals surface area contributed by atoms with E-state index in [-0.39, 0.29) is 11.4 Å². The smallest absolute Gasteiger partial charge is 0.354 e. The van der Waals surface area contributed by atoms with Crippen LogP contribution in [0.4, 0.5) is 0 Å². The van der Waals surface area contributed by atoms with Gasteiger partial charge in [0.15, 0.2) is 23.3 Å². The number of fused-ring (bicyclic) bond motifs is 4. The summed E-state index contributed by atoms with van der Waals surface area (Å²) >= 11 is 0. The van der Waals surface area contributed by atoms with E-state index in [9.17, 15) is 19.8 Å². The quantitative estimate of drug-likeness (QED) is 0.106. The highest BCUT2D eigenvalue weighted by Crippen LogP contribution is 2.32. The van der Waals surface area contributed by atoms with Crippen molar-refractivity contribution in [2.45, 2.75) is 66.7 Å². The van der Waals surface area contributed by atoms with Crippen LogP contribution in [0.5, 0.6) is 0 Å². The number of hydrogen-bond acceptors (Lipinski definition) is 9. The highest BCUT2D eigenvalue weighted by molar-refractivity contribution is 5.88. The molecule has 4 aromatic carbocycles. The Hall–Kier alpha value is -8.85. The van der Waals surface area contributed by atoms with Crippen LogP contribution in [-0.4, -0.2) is 75.3 Å². The lowest BCUT2D eigenvalue weighted by Gasteiger charge is -2.09. The highest BCUT2D eigenvalue weighted by Gasteiger charge is 2.21. The van der Waals surface area contributed by atoms with E-state index in [0.717, 1.165) is 89.4 Å². The van der Waals surface area contributed by atoms with E-state index in [4.69, 9.17) is 24.9 Å². The molecule has 7 heterocycles. The summed E-state index contributed by atoms with van der Waals surface area (Å²) < 4.78 is 8.54. The minimum absolute atomic E-state index is 0.0164. The van der Waals surface area contributed by atoms with Crippen molar-refractivity contribution in [3.63, 3.8) is 0 Å². The molecule has 0 aliphatic carbocycles. The molecule has 0 amide bonds. The lowest BCUT2D eigenvalue weighted by Crippen LogP contribution is -2.03. The van der Waals surface area contributed by atoms with Crippen LogP contribution < -0.4 is 0 Å². The summed E-state index contributed by atoms with van der Waals surface area (Å²) in [7, 11) is 0. The molecule has 2 N–H and O–H groups in total. The Kier molecular flexibility index (Phi) is 11.0. The van der Waals surface area contributed by atoms with Gasteiger partial charge in [-0.2, -0.15) is 0 Å². The molecular weight excluding hydrogens is 879 g/mol. The minimum atomic E-state index is -1.07. The number of carbonyl (C=O) groups is 2. The molecule has 0 aliphatic heterocycles. The molecular formula is C55H47N11O4. The average molecular weight is 926 g/mol. The van der Waals surface area contributed by atoms with Gasteiger partial charge in [-0.25, -0.2) is 44.5 Å². The van der Waals surface area contributed by atoms with Crippen molar-refractivity contribution >= 4 is 56.1 Å². The lowest BCUT2D eigenvalue weighted by atomic mass is 10.0. The number of carboxylic acid groups (broad SMARTS) is 2. The van der Waals surface area contributed by atoms with Gasteiger partial charge >= 0.3 is 11.9 Å². The Morgan fingerprint density at radius 1 is 0.371 bits per heavy atom. The molecule has 0 bridgehead atoms. The Balaban J connectivity index is 0.861. The molecule has 0 aliphatic rings. The van der Waals surface area contributed by atoms with Gasteiger partial charge in [0.1, 0.15) is 34.2 Å². The fraction of sp³-hybridized carbons (Fsp3) is 0.182. The van der Waals surface area contributed by atoms with Crippen molar-refractivity contribution in [1.29, 1.82) is 0 Å². The van der Waals surface area contributed by atoms with E-state index in [1.54, 1.807) is 24.3 Å². The SMILES string of the molecule is CCn1c(-c2cccc(C(=O)O)n2)nc2cc(Cc3ccc4c(c3)nc(-c3cccc(-c5nc6cc(Cc7ccc8c(c7)nc(-c7cccc(C(=O)O)n7)n8CC)ccc6n5CC)n3)n4CC)ccc21. The zero-order valence-corrected chi connectivity index (χ0v) is 39.0. The second kappa shape index (κ2) is 17.7. The Bertz CT molecular complexity index is 3630. The van der Waals surface area contributed by atoms with Crippen LogP contribution in [0.25, 0.3) is 90.2 Å². The molecule has 70 heavy (non-hydrogen) atoms. The molecule has 11 rings (SSSR count). The van der Waals surface area contributed by atoms with Crippen molar-refractivity contribution in [2.75, 3.05) is 0 Å². The maximum absolute atomic E-state index is 11.6. The third kappa shape index (κ3) is 7.70. The summed E-state index contributed by atoms with van der Waals surface area (Å²) in [5.41, 5.74) is 14.4. The molecule has 7 aromatic heterocycles. The second-order valence-electron chi connectivity index (χ2n) is 17.2. The van der Waals surface area contributed by atoms with E-state index in [0.29, 0.717) is 62.1 Å². The molecule has 0 spiro atoms. The van der Waals surface area contributed by atoms with E-state index in [1.165, 1.54) is 12.1 Å². The van der Waals surface area contributed by atoms with Crippen LogP contribution in [-0.2, 0) is 39.0 Å². The first-order valence-corrected chi connectivity index (χ1v) is 23.5. The van der Waals surface area contributed by atoms with Crippen LogP contribution in [0.2, 0.25) is 0 Å². The molecule has 0 atom stereocenters. The van der Waals surface area contributed by atoms with E-state index >= 15 is 0 Å². The predicted octanol–water partition coefficient (Wildman–Crippen LogP) is 10.6. The summed E-state index contributed by atoms with van der Waals surface area (Å²) in [5, 5.41) is 19.1. The molecule has 0 saturated heterocycles. The Morgan fingerprint density at radius 3 is 0.914 bits per heavy atom. The normalized spacial score (nSPS) is 11.7. The first-order chi connectivity index (χ1) is 34.1. The van der Waals surface area contributed by atoms with Gasteiger partial charge in [0, 0.05) is 26.2 Å². The largest absolute Gasteiger partial charge is 0.477 e. The number of hydrogen-bond donors (Lipinski definition) is 2. The van der Waals surface area contributed by atoms with Crippen LogP contribution in [0.15, 0.2) is 127 Å². The zero-order valence-electron chi connectivity index (χ0n) is 39.0. The maximum Gasteiger partial charge on any atom is 0.354 e. The number of pyridine rings is 3. The number of nitrogens with zero attached hydrogens (tertiary/aromatic N) is 11. The molecule has 0 radical (unpaired) electrons. The van der Waals surface area contributed by atoms with Crippen LogP contribution in [0.3, 0.4) is 0 Å². The van der Waals surface area contributed by atoms with Crippen molar-refractivity contribution in [3.8, 4) is 46.1 Å². The van der Waals surface area contributed by atoms with Crippen molar-refractivity contribution in [2.24, 2.45) is 0 Å². The molecule has 346 valence electrons. The summed E-state index contributed by atoms with van der Waals surface area (Å²) in [4.78, 5) is 57.5. The number of aryl methyl sites for hydroxylation is 4. The van der Waals surface area contributed by atoms with Gasteiger partial charge in [0.2, 0.25) is 0 Å². The standard InChI is InChI=1S/C55H47N11O4/c1-5-63-46-22-18-32(26-34-20-24-48-44(30-34)61-52(65(48)7-3)38-14-10-16-40(57-38)54(67)68)28-42(46)59-50(63)36-12-9-13-37(56-36)51-60-43-29-33(19-23-47(43)64(51)6-2)27-35-21-25-49-45(31-35)62-53(66(49)8-4)39-15-11-17-41(58-39)55(69)70/h9-25,28-31H,5-8,26-27H2,1-4H3,(H,67,68)(H,69,70). The molecule has 11 aromatic rings. The fourth-order valence-electron chi connectivity index (χ4n) is 9.72. The summed E-state index contributed by atoms with van der Waals surface area (Å²) in [5.74, 6) is 0.700. The number of carboxylic acids is 2. The topological polar surface area (TPSA) is 185 Å². The number of imidazole rings is 4. The lowest BCUT2D eigenvalue weighted by molar-refractivity contribution is 0.0680. The summed E-state index contributed by atoms with van der Waals surface area (Å²) in [6, 6.07) is 41.5. The van der Waals surface area contributed by atoms with Gasteiger partial charge in [0.05, 0.1) is 44.1 Å². The Morgan fingerprint density at radius 2 is 0.643 bits per heavy atom. The van der Waals surface area contributed by atoms with E-state index in [1.807, 2.05) is 32.0 Å². The average Bonchev–Trinajstić information content (AvgIpc) is 4.15. The van der Waals surface area contributed by atoms with Gasteiger partial charge in [-0.3, -0.25) is 0 Å². The third-order valence-electron chi connectivity index (χ3n) is 12.9. The second-order valence-corrected chi connectivity index (χ2v) is 17.2. The Labute approximate surface area is 401 Å². The monoisotopic (exact) mass is 925 g/mol. The molecule has 0 saturated carbocycles. The van der Waals surface area contributed by atoms with Crippen molar-refractivity contribution in [3.05, 3.63) is 161 Å². The number of aromatic nitrogens is 11. The van der Waals surface area contributed by atoms with Gasteiger partial charge < -0.3 is 28.5 Å². The first kappa shape index (κ1) is 43.7. The van der Waals surface area contributed by atoms with Gasteiger partial charge in [-0.15, -0.1) is 0 Å². The third-order valence-corrected chi connectivity index (χ3v) is 12.9. The molecule has 15 heteroatoms. The minimum Gasteiger partial charge on any atom is -0.477 e. The zero-order chi connectivity index (χ0) is 48.2. The summed E-state index contributed by atoms with van der Waals surface area (Å²) in [6.07, 6.45) is 1.35. The van der Waals surface area contributed by atoms with Crippen molar-refractivity contribution in [1.82, 2.24) is 53.2 Å². The van der Waals surface area contributed by atoms with Gasteiger partial charge in [0.25, 0.3) is 0 Å². The molecule has 0 unspecified atom stereocenters.